The van der Waals surface area contributed by atoms with Crippen molar-refractivity contribution in [3.05, 3.63) is 156 Å². The Hall–Kier alpha value is -6.26. The summed E-state index contributed by atoms with van der Waals surface area (Å²) in [5, 5.41) is 6.35. The van der Waals surface area contributed by atoms with Gasteiger partial charge in [0.15, 0.2) is 0 Å². The Balaban J connectivity index is 1.35. The minimum atomic E-state index is 0.862. The average Bonchev–Trinajstić information content (AvgIpc) is 3.67. The SMILES string of the molecule is C1=C(c2nc3ccccc3nc2-c2ccccc2)CCc2c1c1ccccc1n1c3ccccc3c3ccc4c5ccccc5n2c4c31. The molecule has 0 bridgehead atoms. The van der Waals surface area contributed by atoms with E-state index in [0.29, 0.717) is 0 Å². The van der Waals surface area contributed by atoms with Crippen LogP contribution >= 0.6 is 0 Å². The van der Waals surface area contributed by atoms with E-state index in [1.807, 2.05) is 12.1 Å². The van der Waals surface area contributed by atoms with E-state index < -0.39 is 0 Å². The van der Waals surface area contributed by atoms with Gasteiger partial charge in [-0.15, -0.1) is 0 Å². The zero-order valence-electron chi connectivity index (χ0n) is 26.1. The van der Waals surface area contributed by atoms with Crippen LogP contribution in [-0.4, -0.2) is 18.8 Å². The fourth-order valence-corrected chi connectivity index (χ4v) is 8.32. The molecule has 4 heteroatoms. The van der Waals surface area contributed by atoms with Crippen molar-refractivity contribution in [1.82, 2.24) is 18.8 Å². The zero-order chi connectivity index (χ0) is 31.3. The first-order chi connectivity index (χ1) is 23.8. The minimum absolute atomic E-state index is 0.862. The molecule has 4 heterocycles. The van der Waals surface area contributed by atoms with Crippen molar-refractivity contribution >= 4 is 77.2 Å². The van der Waals surface area contributed by atoms with Crippen LogP contribution < -0.4 is 0 Å². The molecule has 10 aromatic rings. The zero-order valence-corrected chi connectivity index (χ0v) is 26.1. The van der Waals surface area contributed by atoms with Crippen LogP contribution in [0.4, 0.5) is 0 Å². The van der Waals surface area contributed by atoms with Crippen LogP contribution in [0.15, 0.2) is 140 Å². The molecule has 0 spiro atoms. The van der Waals surface area contributed by atoms with Crippen molar-refractivity contribution in [2.45, 2.75) is 12.8 Å². The summed E-state index contributed by atoms with van der Waals surface area (Å²) in [6.45, 7) is 0. The summed E-state index contributed by atoms with van der Waals surface area (Å²) < 4.78 is 5.08. The molecule has 11 rings (SSSR count). The van der Waals surface area contributed by atoms with Gasteiger partial charge < -0.3 is 8.80 Å². The Morgan fingerprint density at radius 2 is 0.938 bits per heavy atom. The molecule has 0 unspecified atom stereocenters. The predicted octanol–water partition coefficient (Wildman–Crippen LogP) is 10.9. The standard InChI is InChI=1S/C44H28N4/c1-2-12-27(13-3-1)41-42(46-36-18-8-7-17-35(36)45-41)28-22-25-40-34(26-28)31-16-6-11-21-39(31)47-37-19-9-4-14-29(37)32-23-24-33-30-15-5-10-20-38(30)48(40)44(33)43(32)47/h1-21,23-24,26H,22,25H2. The van der Waals surface area contributed by atoms with Crippen molar-refractivity contribution in [3.8, 4) is 11.3 Å². The Kier molecular flexibility index (Phi) is 5.19. The molecule has 0 N–H and O–H groups in total. The predicted molar refractivity (Wildman–Crippen MR) is 200 cm³/mol. The fraction of sp³-hybridized carbons (Fsp3) is 0.0455. The molecule has 0 radical (unpaired) electrons. The maximum absolute atomic E-state index is 5.32. The van der Waals surface area contributed by atoms with E-state index in [1.165, 1.54) is 71.3 Å². The number of nitrogens with zero attached hydrogens (tertiary/aromatic N) is 4. The highest BCUT2D eigenvalue weighted by atomic mass is 15.0. The lowest BCUT2D eigenvalue weighted by atomic mass is 9.90. The number of fused-ring (bicyclic) bond motifs is 12. The third kappa shape index (κ3) is 3.44. The van der Waals surface area contributed by atoms with Crippen LogP contribution in [0.1, 0.15) is 23.4 Å². The van der Waals surface area contributed by atoms with Crippen LogP contribution in [0.25, 0.3) is 88.5 Å². The molecule has 4 nitrogen and oxygen atoms in total. The van der Waals surface area contributed by atoms with Crippen molar-refractivity contribution in [2.75, 3.05) is 0 Å². The van der Waals surface area contributed by atoms with Gasteiger partial charge in [0.1, 0.15) is 0 Å². The molecule has 0 saturated heterocycles. The van der Waals surface area contributed by atoms with Crippen LogP contribution in [0.2, 0.25) is 0 Å². The van der Waals surface area contributed by atoms with Gasteiger partial charge in [-0.25, -0.2) is 9.97 Å². The number of para-hydroxylation sites is 5. The molecule has 1 aliphatic rings. The highest BCUT2D eigenvalue weighted by Gasteiger charge is 2.25. The fourth-order valence-electron chi connectivity index (χ4n) is 8.32. The number of hydrogen-bond acceptors (Lipinski definition) is 2. The average molecular weight is 613 g/mol. The molecule has 224 valence electrons. The molecule has 48 heavy (non-hydrogen) atoms. The maximum Gasteiger partial charge on any atom is 0.0969 e. The molecule has 0 fully saturated rings. The van der Waals surface area contributed by atoms with Crippen molar-refractivity contribution in [2.24, 2.45) is 0 Å². The summed E-state index contributed by atoms with van der Waals surface area (Å²) in [5.41, 5.74) is 14.8. The number of allylic oxidation sites excluding steroid dienone is 1. The number of rotatable bonds is 2. The third-order valence-electron chi connectivity index (χ3n) is 10.4. The van der Waals surface area contributed by atoms with Crippen molar-refractivity contribution in [1.29, 1.82) is 0 Å². The topological polar surface area (TPSA) is 34.6 Å². The van der Waals surface area contributed by atoms with Crippen LogP contribution in [-0.2, 0) is 6.42 Å². The second-order valence-corrected chi connectivity index (χ2v) is 12.9. The second-order valence-electron chi connectivity index (χ2n) is 12.9. The highest BCUT2D eigenvalue weighted by molar-refractivity contribution is 6.24. The van der Waals surface area contributed by atoms with Gasteiger partial charge in [0.25, 0.3) is 0 Å². The van der Waals surface area contributed by atoms with E-state index in [9.17, 15) is 0 Å². The molecule has 0 atom stereocenters. The normalized spacial score (nSPS) is 13.4. The smallest absolute Gasteiger partial charge is 0.0969 e. The lowest BCUT2D eigenvalue weighted by Crippen LogP contribution is -2.08. The monoisotopic (exact) mass is 612 g/mol. The van der Waals surface area contributed by atoms with Crippen molar-refractivity contribution in [3.63, 3.8) is 0 Å². The molecule has 0 saturated carbocycles. The van der Waals surface area contributed by atoms with Gasteiger partial charge in [-0.1, -0.05) is 109 Å². The quantitative estimate of drug-likeness (QED) is 0.195. The van der Waals surface area contributed by atoms with E-state index in [1.54, 1.807) is 0 Å². The molecule has 4 aromatic heterocycles. The van der Waals surface area contributed by atoms with Gasteiger partial charge >= 0.3 is 0 Å². The van der Waals surface area contributed by atoms with E-state index in [2.05, 4.69) is 142 Å². The lowest BCUT2D eigenvalue weighted by molar-refractivity contribution is 0.923. The number of hydrogen-bond donors (Lipinski definition) is 0. The van der Waals surface area contributed by atoms with Gasteiger partial charge in [-0.3, -0.25) is 0 Å². The Morgan fingerprint density at radius 1 is 0.417 bits per heavy atom. The molecule has 1 aliphatic carbocycles. The van der Waals surface area contributed by atoms with Gasteiger partial charge in [0.05, 0.1) is 50.0 Å². The van der Waals surface area contributed by atoms with Crippen LogP contribution in [0.3, 0.4) is 0 Å². The Labute approximate surface area is 275 Å². The minimum Gasteiger partial charge on any atom is -0.310 e. The summed E-state index contributed by atoms with van der Waals surface area (Å²) in [6.07, 6.45) is 4.16. The van der Waals surface area contributed by atoms with Gasteiger partial charge in [0.2, 0.25) is 0 Å². The number of aryl methyl sites for hydroxylation is 1. The summed E-state index contributed by atoms with van der Waals surface area (Å²) in [6, 6.07) is 50.1. The third-order valence-corrected chi connectivity index (χ3v) is 10.4. The second kappa shape index (κ2) is 9.63. The first-order valence-electron chi connectivity index (χ1n) is 16.7. The van der Waals surface area contributed by atoms with Gasteiger partial charge in [0, 0.05) is 43.8 Å². The van der Waals surface area contributed by atoms with E-state index in [-0.39, 0.29) is 0 Å². The molecular weight excluding hydrogens is 585 g/mol. The van der Waals surface area contributed by atoms with Crippen molar-refractivity contribution < 1.29 is 0 Å². The molecule has 0 aliphatic heterocycles. The van der Waals surface area contributed by atoms with Gasteiger partial charge in [-0.2, -0.15) is 0 Å². The first-order valence-corrected chi connectivity index (χ1v) is 16.7. The van der Waals surface area contributed by atoms with Gasteiger partial charge in [-0.05, 0) is 54.8 Å². The van der Waals surface area contributed by atoms with E-state index in [4.69, 9.17) is 9.97 Å². The Morgan fingerprint density at radius 3 is 1.62 bits per heavy atom. The molecular formula is C44H28N4. The number of aromatic nitrogens is 4. The maximum atomic E-state index is 5.32. The summed E-state index contributed by atoms with van der Waals surface area (Å²) in [5.74, 6) is 0. The lowest BCUT2D eigenvalue weighted by Gasteiger charge is -2.22. The van der Waals surface area contributed by atoms with Crippen LogP contribution in [0.5, 0.6) is 0 Å². The summed E-state index contributed by atoms with van der Waals surface area (Å²) in [7, 11) is 0. The largest absolute Gasteiger partial charge is 0.310 e. The molecule has 6 aromatic carbocycles. The summed E-state index contributed by atoms with van der Waals surface area (Å²) >= 11 is 0. The van der Waals surface area contributed by atoms with E-state index >= 15 is 0 Å². The molecule has 0 amide bonds. The summed E-state index contributed by atoms with van der Waals surface area (Å²) in [4.78, 5) is 10.5. The van der Waals surface area contributed by atoms with E-state index in [0.717, 1.165) is 40.8 Å². The highest BCUT2D eigenvalue weighted by Crippen LogP contribution is 2.43. The Bertz CT molecular complexity index is 3000. The number of benzene rings is 6. The first kappa shape index (κ1) is 25.9. The van der Waals surface area contributed by atoms with Crippen LogP contribution in [0, 0.1) is 0 Å².